The lowest BCUT2D eigenvalue weighted by atomic mass is 10.2. The van der Waals surface area contributed by atoms with Gasteiger partial charge in [0.2, 0.25) is 0 Å². The highest BCUT2D eigenvalue weighted by Crippen LogP contribution is 2.25. The van der Waals surface area contributed by atoms with Crippen LogP contribution in [0.1, 0.15) is 0 Å². The molecule has 2 amide bonds. The third kappa shape index (κ3) is 2.59. The molecule has 3 rings (SSSR count). The molecule has 1 N–H and O–H groups in total. The van der Waals surface area contributed by atoms with Crippen LogP contribution in [0.3, 0.4) is 0 Å². The Morgan fingerprint density at radius 1 is 1.14 bits per heavy atom. The number of cyclic esters (lactones) is 1. The predicted molar refractivity (Wildman–Crippen MR) is 76.0 cm³/mol. The molecule has 0 radical (unpaired) electrons. The number of carbonyl (C=O) groups is 2. The van der Waals surface area contributed by atoms with Crippen LogP contribution in [0, 0.1) is 5.41 Å². The zero-order valence-corrected chi connectivity index (χ0v) is 11.3. The number of nitrogens with zero attached hydrogens (tertiary/aromatic N) is 2. The lowest BCUT2D eigenvalue weighted by Gasteiger charge is -2.27. The Balaban J connectivity index is 1.76. The third-order valence-corrected chi connectivity index (χ3v) is 3.48. The summed E-state index contributed by atoms with van der Waals surface area (Å²) < 4.78 is 10.1. The second-order valence-electron chi connectivity index (χ2n) is 4.81. The number of anilines is 2. The van der Waals surface area contributed by atoms with Crippen molar-refractivity contribution in [2.45, 2.75) is 6.10 Å². The fourth-order valence-corrected chi connectivity index (χ4v) is 2.39. The lowest BCUT2D eigenvalue weighted by Crippen LogP contribution is -2.41. The summed E-state index contributed by atoms with van der Waals surface area (Å²) in [6.45, 7) is 1.48. The molecule has 0 bridgehead atoms. The van der Waals surface area contributed by atoms with Gasteiger partial charge in [0.05, 0.1) is 13.2 Å². The van der Waals surface area contributed by atoms with Crippen molar-refractivity contribution in [1.29, 1.82) is 5.41 Å². The molecule has 110 valence electrons. The summed E-state index contributed by atoms with van der Waals surface area (Å²) in [6, 6.07) is 7.13. The molecule has 1 unspecified atom stereocenters. The van der Waals surface area contributed by atoms with E-state index in [0.29, 0.717) is 25.4 Å². The summed E-state index contributed by atoms with van der Waals surface area (Å²) in [5.41, 5.74) is 1.47. The minimum atomic E-state index is -0.502. The summed E-state index contributed by atoms with van der Waals surface area (Å²) in [4.78, 5) is 26.6. The van der Waals surface area contributed by atoms with E-state index in [1.807, 2.05) is 0 Å². The molecule has 2 aliphatic heterocycles. The number of carbonyl (C=O) groups excluding carboxylic acids is 2. The van der Waals surface area contributed by atoms with Crippen LogP contribution in [-0.2, 0) is 14.3 Å². The Kier molecular flexibility index (Phi) is 3.57. The number of hydrogen-bond acceptors (Lipinski definition) is 5. The molecular weight excluding hydrogens is 274 g/mol. The summed E-state index contributed by atoms with van der Waals surface area (Å²) in [5, 5.41) is 7.15. The van der Waals surface area contributed by atoms with E-state index in [2.05, 4.69) is 0 Å². The van der Waals surface area contributed by atoms with Gasteiger partial charge in [0.25, 0.3) is 5.91 Å². The van der Waals surface area contributed by atoms with Gasteiger partial charge in [-0.1, -0.05) is 0 Å². The number of morpholine rings is 1. The fraction of sp³-hybridized carbons (Fsp3) is 0.357. The first-order valence-electron chi connectivity index (χ1n) is 6.66. The van der Waals surface area contributed by atoms with Crippen molar-refractivity contribution in [1.82, 2.24) is 0 Å². The van der Waals surface area contributed by atoms with Gasteiger partial charge in [-0.25, -0.2) is 4.79 Å². The van der Waals surface area contributed by atoms with E-state index < -0.39 is 12.2 Å². The fourth-order valence-electron chi connectivity index (χ4n) is 2.39. The van der Waals surface area contributed by atoms with Gasteiger partial charge in [0.1, 0.15) is 6.61 Å². The number of amides is 2. The molecule has 2 saturated heterocycles. The zero-order chi connectivity index (χ0) is 14.8. The van der Waals surface area contributed by atoms with Crippen molar-refractivity contribution >= 4 is 29.6 Å². The minimum Gasteiger partial charge on any atom is -0.438 e. The van der Waals surface area contributed by atoms with E-state index in [9.17, 15) is 9.59 Å². The second-order valence-corrected chi connectivity index (χ2v) is 4.81. The van der Waals surface area contributed by atoms with Crippen LogP contribution in [0.25, 0.3) is 0 Å². The molecule has 2 fully saturated rings. The average molecular weight is 289 g/mol. The van der Waals surface area contributed by atoms with Crippen LogP contribution in [0.4, 0.5) is 16.2 Å². The maximum Gasteiger partial charge on any atom is 0.415 e. The maximum atomic E-state index is 11.8. The van der Waals surface area contributed by atoms with Crippen molar-refractivity contribution < 1.29 is 19.1 Å². The van der Waals surface area contributed by atoms with Gasteiger partial charge >= 0.3 is 6.09 Å². The molecule has 2 aliphatic rings. The van der Waals surface area contributed by atoms with Crippen LogP contribution < -0.4 is 9.80 Å². The smallest absolute Gasteiger partial charge is 0.415 e. The lowest BCUT2D eigenvalue weighted by molar-refractivity contribution is -0.125. The molecule has 2 heterocycles. The molecule has 1 aromatic rings. The van der Waals surface area contributed by atoms with E-state index >= 15 is 0 Å². The minimum absolute atomic E-state index is 0.0709. The monoisotopic (exact) mass is 289 g/mol. The Hall–Kier alpha value is -2.41. The van der Waals surface area contributed by atoms with Gasteiger partial charge in [-0.05, 0) is 24.3 Å². The molecule has 1 aromatic carbocycles. The van der Waals surface area contributed by atoms with Crippen LogP contribution in [-0.4, -0.2) is 50.6 Å². The standard InChI is InChI=1S/C14H15N3O4/c15-7-12-8-17(14(19)21-12)11-3-1-10(2-4-11)16-5-6-20-9-13(16)18/h1-4,7,12,15H,5-6,8-9H2. The Bertz CT molecular complexity index is 572. The topological polar surface area (TPSA) is 82.9 Å². The predicted octanol–water partition coefficient (Wildman–Crippen LogP) is 1.02. The SMILES string of the molecule is N=CC1CN(c2ccc(N3CCOCC3=O)cc2)C(=O)O1. The summed E-state index contributed by atoms with van der Waals surface area (Å²) in [5.74, 6) is -0.0709. The first-order chi connectivity index (χ1) is 10.2. The zero-order valence-electron chi connectivity index (χ0n) is 11.3. The number of rotatable bonds is 3. The molecule has 0 spiro atoms. The Morgan fingerprint density at radius 2 is 1.81 bits per heavy atom. The second kappa shape index (κ2) is 5.53. The molecule has 0 aliphatic carbocycles. The van der Waals surface area contributed by atoms with E-state index in [1.165, 1.54) is 4.90 Å². The van der Waals surface area contributed by atoms with Crippen molar-refractivity contribution in [2.75, 3.05) is 36.1 Å². The molecule has 1 atom stereocenters. The molecule has 7 nitrogen and oxygen atoms in total. The van der Waals surface area contributed by atoms with E-state index in [1.54, 1.807) is 29.2 Å². The highest BCUT2D eigenvalue weighted by molar-refractivity contribution is 5.96. The third-order valence-electron chi connectivity index (χ3n) is 3.48. The highest BCUT2D eigenvalue weighted by atomic mass is 16.6. The van der Waals surface area contributed by atoms with Crippen LogP contribution in [0.2, 0.25) is 0 Å². The van der Waals surface area contributed by atoms with Gasteiger partial charge in [-0.15, -0.1) is 0 Å². The van der Waals surface area contributed by atoms with Crippen molar-refractivity contribution in [3.8, 4) is 0 Å². The molecule has 21 heavy (non-hydrogen) atoms. The quantitative estimate of drug-likeness (QED) is 0.842. The molecule has 7 heteroatoms. The largest absolute Gasteiger partial charge is 0.438 e. The number of ether oxygens (including phenoxy) is 2. The number of nitrogens with one attached hydrogen (secondary N) is 1. The molecule has 0 aromatic heterocycles. The Morgan fingerprint density at radius 3 is 2.38 bits per heavy atom. The first-order valence-corrected chi connectivity index (χ1v) is 6.66. The molecule has 0 saturated carbocycles. The van der Waals surface area contributed by atoms with Crippen molar-refractivity contribution in [3.63, 3.8) is 0 Å². The van der Waals surface area contributed by atoms with Gasteiger partial charge in [-0.3, -0.25) is 9.69 Å². The Labute approximate surface area is 121 Å². The van der Waals surface area contributed by atoms with Gasteiger partial charge in [0, 0.05) is 24.1 Å². The average Bonchev–Trinajstić information content (AvgIpc) is 2.89. The summed E-state index contributed by atoms with van der Waals surface area (Å²) in [6.07, 6.45) is 0.148. The normalized spacial score (nSPS) is 22.4. The van der Waals surface area contributed by atoms with Gasteiger partial charge in [-0.2, -0.15) is 0 Å². The van der Waals surface area contributed by atoms with E-state index in [0.717, 1.165) is 11.9 Å². The number of benzene rings is 1. The molecular formula is C14H15N3O4. The maximum absolute atomic E-state index is 11.8. The van der Waals surface area contributed by atoms with Gasteiger partial charge < -0.3 is 19.8 Å². The van der Waals surface area contributed by atoms with Crippen LogP contribution in [0.5, 0.6) is 0 Å². The van der Waals surface area contributed by atoms with E-state index in [4.69, 9.17) is 14.9 Å². The summed E-state index contributed by atoms with van der Waals surface area (Å²) >= 11 is 0. The van der Waals surface area contributed by atoms with Crippen molar-refractivity contribution in [2.24, 2.45) is 0 Å². The van der Waals surface area contributed by atoms with E-state index in [-0.39, 0.29) is 12.5 Å². The first kappa shape index (κ1) is 13.6. The summed E-state index contributed by atoms with van der Waals surface area (Å²) in [7, 11) is 0. The van der Waals surface area contributed by atoms with Crippen LogP contribution in [0.15, 0.2) is 24.3 Å². The highest BCUT2D eigenvalue weighted by Gasteiger charge is 2.31. The van der Waals surface area contributed by atoms with Gasteiger partial charge in [0.15, 0.2) is 6.10 Å². The number of hydrogen-bond donors (Lipinski definition) is 1. The van der Waals surface area contributed by atoms with Crippen molar-refractivity contribution in [3.05, 3.63) is 24.3 Å². The van der Waals surface area contributed by atoms with Crippen LogP contribution >= 0.6 is 0 Å².